The molecule has 0 bridgehead atoms. The molecule has 0 saturated carbocycles. The van der Waals surface area contributed by atoms with E-state index in [0.29, 0.717) is 11.8 Å². The highest BCUT2D eigenvalue weighted by Crippen LogP contribution is 2.16. The lowest BCUT2D eigenvalue weighted by molar-refractivity contribution is -0.131. The van der Waals surface area contributed by atoms with E-state index in [1.165, 1.54) is 6.42 Å². The molecule has 1 atom stereocenters. The molecule has 2 heterocycles. The first kappa shape index (κ1) is 10.3. The molecule has 1 amide bonds. The Morgan fingerprint density at radius 2 is 2.21 bits per heavy atom. The van der Waals surface area contributed by atoms with Crippen molar-refractivity contribution in [2.24, 2.45) is 5.92 Å². The molecule has 0 unspecified atom stereocenters. The van der Waals surface area contributed by atoms with Gasteiger partial charge in [0.1, 0.15) is 0 Å². The fourth-order valence-electron chi connectivity index (χ4n) is 2.08. The van der Waals surface area contributed by atoms with Gasteiger partial charge in [-0.2, -0.15) is 11.8 Å². The smallest absolute Gasteiger partial charge is 0.222 e. The van der Waals surface area contributed by atoms with Crippen LogP contribution in [0.25, 0.3) is 0 Å². The Kier molecular flexibility index (Phi) is 3.70. The van der Waals surface area contributed by atoms with Gasteiger partial charge in [0, 0.05) is 31.0 Å². The van der Waals surface area contributed by atoms with Crippen molar-refractivity contribution in [1.82, 2.24) is 10.2 Å². The number of hydrogen-bond donors (Lipinski definition) is 1. The zero-order chi connectivity index (χ0) is 9.80. The van der Waals surface area contributed by atoms with Crippen LogP contribution in [-0.4, -0.2) is 48.5 Å². The first-order valence-electron chi connectivity index (χ1n) is 5.42. The second-order valence-corrected chi connectivity index (χ2v) is 5.28. The third-order valence-electron chi connectivity index (χ3n) is 2.99. The van der Waals surface area contributed by atoms with Crippen LogP contribution in [-0.2, 0) is 4.79 Å². The molecule has 2 fully saturated rings. The Morgan fingerprint density at radius 1 is 1.43 bits per heavy atom. The average molecular weight is 214 g/mol. The molecule has 0 aromatic carbocycles. The van der Waals surface area contributed by atoms with Gasteiger partial charge in [-0.05, 0) is 25.4 Å². The maximum atomic E-state index is 11.8. The van der Waals surface area contributed by atoms with Crippen LogP contribution in [0, 0.1) is 5.92 Å². The monoisotopic (exact) mass is 214 g/mol. The summed E-state index contributed by atoms with van der Waals surface area (Å²) in [6.45, 7) is 4.05. The summed E-state index contributed by atoms with van der Waals surface area (Å²) in [5, 5.41) is 3.31. The van der Waals surface area contributed by atoms with Crippen molar-refractivity contribution in [1.29, 1.82) is 0 Å². The molecule has 0 aromatic heterocycles. The van der Waals surface area contributed by atoms with Crippen LogP contribution >= 0.6 is 11.8 Å². The second kappa shape index (κ2) is 5.03. The van der Waals surface area contributed by atoms with Crippen molar-refractivity contribution in [2.45, 2.75) is 12.8 Å². The van der Waals surface area contributed by atoms with Gasteiger partial charge in [-0.3, -0.25) is 4.79 Å². The van der Waals surface area contributed by atoms with E-state index in [4.69, 9.17) is 0 Å². The highest BCUT2D eigenvalue weighted by atomic mass is 32.2. The molecule has 80 valence electrons. The highest BCUT2D eigenvalue weighted by molar-refractivity contribution is 7.99. The van der Waals surface area contributed by atoms with Gasteiger partial charge < -0.3 is 10.2 Å². The zero-order valence-electron chi connectivity index (χ0n) is 8.50. The minimum absolute atomic E-state index is 0.374. The van der Waals surface area contributed by atoms with Crippen LogP contribution in [0.4, 0.5) is 0 Å². The van der Waals surface area contributed by atoms with Crippen LogP contribution in [0.15, 0.2) is 0 Å². The molecule has 14 heavy (non-hydrogen) atoms. The highest BCUT2D eigenvalue weighted by Gasteiger charge is 2.22. The Hall–Kier alpha value is -0.220. The summed E-state index contributed by atoms with van der Waals surface area (Å²) < 4.78 is 0. The minimum Gasteiger partial charge on any atom is -0.341 e. The van der Waals surface area contributed by atoms with Gasteiger partial charge >= 0.3 is 0 Å². The predicted octanol–water partition coefficient (Wildman–Crippen LogP) is 0.561. The van der Waals surface area contributed by atoms with Gasteiger partial charge in [-0.1, -0.05) is 0 Å². The number of amides is 1. The number of thioether (sulfide) groups is 1. The van der Waals surface area contributed by atoms with E-state index >= 15 is 0 Å². The summed E-state index contributed by atoms with van der Waals surface area (Å²) in [6.07, 6.45) is 1.94. The molecule has 0 aliphatic carbocycles. The van der Waals surface area contributed by atoms with Crippen molar-refractivity contribution in [2.75, 3.05) is 37.7 Å². The summed E-state index contributed by atoms with van der Waals surface area (Å²) in [4.78, 5) is 13.9. The SMILES string of the molecule is O=C(C[C@@H]1CCNC1)N1CCSCC1. The fraction of sp³-hybridized carbons (Fsp3) is 0.900. The number of carbonyl (C=O) groups excluding carboxylic acids is 1. The summed E-state index contributed by atoms with van der Waals surface area (Å²) in [5.74, 6) is 3.21. The number of carbonyl (C=O) groups is 1. The van der Waals surface area contributed by atoms with Crippen molar-refractivity contribution < 1.29 is 4.79 Å². The molecule has 4 heteroatoms. The van der Waals surface area contributed by atoms with Gasteiger partial charge in [-0.15, -0.1) is 0 Å². The number of rotatable bonds is 2. The largest absolute Gasteiger partial charge is 0.341 e. The van der Waals surface area contributed by atoms with Crippen LogP contribution in [0.1, 0.15) is 12.8 Å². The van der Waals surface area contributed by atoms with E-state index in [-0.39, 0.29) is 0 Å². The molecule has 3 nitrogen and oxygen atoms in total. The standard InChI is InChI=1S/C10H18N2OS/c13-10(7-9-1-2-11-8-9)12-3-5-14-6-4-12/h9,11H,1-8H2/t9-/m0/s1. The molecule has 0 spiro atoms. The van der Waals surface area contributed by atoms with E-state index in [2.05, 4.69) is 5.32 Å². The first-order valence-corrected chi connectivity index (χ1v) is 6.58. The second-order valence-electron chi connectivity index (χ2n) is 4.06. The Bertz CT molecular complexity index is 198. The van der Waals surface area contributed by atoms with Gasteiger partial charge in [0.05, 0.1) is 0 Å². The molecule has 0 aromatic rings. The summed E-state index contributed by atoms with van der Waals surface area (Å²) >= 11 is 1.95. The van der Waals surface area contributed by atoms with Crippen LogP contribution < -0.4 is 5.32 Å². The molecular formula is C10H18N2OS. The van der Waals surface area contributed by atoms with E-state index in [9.17, 15) is 4.79 Å². The van der Waals surface area contributed by atoms with Crippen LogP contribution in [0.2, 0.25) is 0 Å². The third-order valence-corrected chi connectivity index (χ3v) is 3.93. The first-order chi connectivity index (χ1) is 6.86. The van der Waals surface area contributed by atoms with Crippen molar-refractivity contribution >= 4 is 17.7 Å². The van der Waals surface area contributed by atoms with E-state index in [0.717, 1.165) is 44.1 Å². The van der Waals surface area contributed by atoms with E-state index < -0.39 is 0 Å². The van der Waals surface area contributed by atoms with Gasteiger partial charge in [0.25, 0.3) is 0 Å². The molecule has 0 radical (unpaired) electrons. The van der Waals surface area contributed by atoms with Crippen LogP contribution in [0.3, 0.4) is 0 Å². The van der Waals surface area contributed by atoms with Crippen molar-refractivity contribution in [3.63, 3.8) is 0 Å². The molecule has 2 saturated heterocycles. The maximum absolute atomic E-state index is 11.8. The van der Waals surface area contributed by atoms with Gasteiger partial charge in [0.15, 0.2) is 0 Å². The lowest BCUT2D eigenvalue weighted by Gasteiger charge is -2.27. The summed E-state index contributed by atoms with van der Waals surface area (Å²) in [6, 6.07) is 0. The summed E-state index contributed by atoms with van der Waals surface area (Å²) in [7, 11) is 0. The minimum atomic E-state index is 0.374. The average Bonchev–Trinajstić information content (AvgIpc) is 2.72. The maximum Gasteiger partial charge on any atom is 0.222 e. The Morgan fingerprint density at radius 3 is 2.86 bits per heavy atom. The summed E-state index contributed by atoms with van der Waals surface area (Å²) in [5.41, 5.74) is 0. The van der Waals surface area contributed by atoms with E-state index in [1.807, 2.05) is 16.7 Å². The third kappa shape index (κ3) is 2.64. The predicted molar refractivity (Wildman–Crippen MR) is 59.5 cm³/mol. The number of hydrogen-bond acceptors (Lipinski definition) is 3. The molecular weight excluding hydrogens is 196 g/mol. The number of nitrogens with one attached hydrogen (secondary N) is 1. The topological polar surface area (TPSA) is 32.3 Å². The lowest BCUT2D eigenvalue weighted by atomic mass is 10.0. The molecule has 2 aliphatic heterocycles. The zero-order valence-corrected chi connectivity index (χ0v) is 9.31. The van der Waals surface area contributed by atoms with Crippen LogP contribution in [0.5, 0.6) is 0 Å². The fourth-order valence-corrected chi connectivity index (χ4v) is 2.98. The molecule has 2 aliphatic rings. The van der Waals surface area contributed by atoms with Crippen molar-refractivity contribution in [3.05, 3.63) is 0 Å². The molecule has 1 N–H and O–H groups in total. The lowest BCUT2D eigenvalue weighted by Crippen LogP contribution is -2.38. The number of nitrogens with zero attached hydrogens (tertiary/aromatic N) is 1. The normalized spacial score (nSPS) is 28.0. The Labute approximate surface area is 89.6 Å². The Balaban J connectivity index is 1.75. The quantitative estimate of drug-likeness (QED) is 0.729. The molecule has 2 rings (SSSR count). The van der Waals surface area contributed by atoms with Gasteiger partial charge in [0.2, 0.25) is 5.91 Å². The van der Waals surface area contributed by atoms with Crippen molar-refractivity contribution in [3.8, 4) is 0 Å². The van der Waals surface area contributed by atoms with E-state index in [1.54, 1.807) is 0 Å². The van der Waals surface area contributed by atoms with Gasteiger partial charge in [-0.25, -0.2) is 0 Å².